The molecule has 0 fully saturated rings. The Balaban J connectivity index is 1.70. The smallest absolute Gasteiger partial charge is 0.416 e. The Morgan fingerprint density at radius 3 is 2.05 bits per heavy atom. The van der Waals surface area contributed by atoms with E-state index in [1.54, 1.807) is 32.9 Å². The van der Waals surface area contributed by atoms with Crippen molar-refractivity contribution in [2.45, 2.75) is 72.8 Å². The van der Waals surface area contributed by atoms with Crippen LogP contribution >= 0.6 is 11.3 Å². The molecule has 0 spiro atoms. The molecule has 4 aromatic rings. The summed E-state index contributed by atoms with van der Waals surface area (Å²) < 4.78 is 64.5. The minimum atomic E-state index is -4.42. The highest BCUT2D eigenvalue weighted by atomic mass is 32.1. The van der Waals surface area contributed by atoms with E-state index in [0.29, 0.717) is 35.8 Å². The van der Waals surface area contributed by atoms with Crippen molar-refractivity contribution in [3.8, 4) is 16.3 Å². The van der Waals surface area contributed by atoms with Gasteiger partial charge in [-0.3, -0.25) is 0 Å². The van der Waals surface area contributed by atoms with Gasteiger partial charge in [-0.2, -0.15) is 13.2 Å². The second-order valence-electron chi connectivity index (χ2n) is 11.1. The fourth-order valence-electron chi connectivity index (χ4n) is 4.87. The maximum absolute atomic E-state index is 13.7. The molecule has 0 saturated carbocycles. The molecule has 0 aliphatic carbocycles. The van der Waals surface area contributed by atoms with Crippen molar-refractivity contribution in [3.05, 3.63) is 100.0 Å². The second-order valence-corrected chi connectivity index (χ2v) is 12.1. The average Bonchev–Trinajstić information content (AvgIpc) is 3.40. The summed E-state index contributed by atoms with van der Waals surface area (Å²) in [6.07, 6.45) is -3.81. The van der Waals surface area contributed by atoms with Gasteiger partial charge in [0.15, 0.2) is 5.60 Å². The monoisotopic (exact) mass is 628 g/mol. The van der Waals surface area contributed by atoms with Crippen LogP contribution in [0.1, 0.15) is 61.2 Å². The number of alkyl halides is 3. The van der Waals surface area contributed by atoms with E-state index < -0.39 is 23.3 Å². The molecule has 4 rings (SSSR count). The number of thiazole rings is 1. The van der Waals surface area contributed by atoms with Gasteiger partial charge < -0.3 is 14.4 Å². The number of rotatable bonds is 11. The first-order chi connectivity index (χ1) is 20.7. The lowest BCUT2D eigenvalue weighted by molar-refractivity contribution is -0.158. The lowest BCUT2D eigenvalue weighted by atomic mass is 10.0. The molecule has 0 radical (unpaired) electrons. The van der Waals surface area contributed by atoms with Gasteiger partial charge in [0, 0.05) is 18.7 Å². The maximum Gasteiger partial charge on any atom is 0.416 e. The molecule has 3 aromatic carbocycles. The number of benzene rings is 3. The first-order valence-corrected chi connectivity index (χ1v) is 15.2. The Morgan fingerprint density at radius 2 is 1.50 bits per heavy atom. The number of esters is 1. The predicted molar refractivity (Wildman–Crippen MR) is 165 cm³/mol. The summed E-state index contributed by atoms with van der Waals surface area (Å²) >= 11 is 1.41. The molecule has 0 N–H and O–H groups in total. The number of halogens is 4. The Labute approximate surface area is 259 Å². The third-order valence-electron chi connectivity index (χ3n) is 7.06. The van der Waals surface area contributed by atoms with Gasteiger partial charge in [0.25, 0.3) is 0 Å². The molecule has 0 saturated heterocycles. The van der Waals surface area contributed by atoms with Crippen molar-refractivity contribution < 1.29 is 31.8 Å². The summed E-state index contributed by atoms with van der Waals surface area (Å²) in [6, 6.07) is 15.3. The van der Waals surface area contributed by atoms with E-state index in [9.17, 15) is 22.4 Å². The van der Waals surface area contributed by atoms with Gasteiger partial charge in [0.05, 0.1) is 17.9 Å². The summed E-state index contributed by atoms with van der Waals surface area (Å²) in [4.78, 5) is 19.4. The number of ether oxygens (including phenoxy) is 2. The van der Waals surface area contributed by atoms with Crippen LogP contribution in [0.15, 0.2) is 60.7 Å². The van der Waals surface area contributed by atoms with Crippen molar-refractivity contribution in [2.24, 2.45) is 0 Å². The van der Waals surface area contributed by atoms with Crippen LogP contribution in [0, 0.1) is 19.7 Å². The van der Waals surface area contributed by atoms with Crippen LogP contribution in [0.4, 0.5) is 22.6 Å². The zero-order valence-electron chi connectivity index (χ0n) is 25.6. The van der Waals surface area contributed by atoms with Crippen LogP contribution in [0.2, 0.25) is 0 Å². The number of aromatic nitrogens is 1. The molecule has 0 aliphatic rings. The van der Waals surface area contributed by atoms with Crippen molar-refractivity contribution >= 4 is 22.3 Å². The Morgan fingerprint density at radius 1 is 0.909 bits per heavy atom. The number of hydrogen-bond donors (Lipinski definition) is 0. The summed E-state index contributed by atoms with van der Waals surface area (Å²) in [5, 5.41) is 1.50. The summed E-state index contributed by atoms with van der Waals surface area (Å²) in [5.74, 6) is -0.174. The quantitative estimate of drug-likeness (QED) is 0.123. The molecule has 0 amide bonds. The van der Waals surface area contributed by atoms with Crippen LogP contribution < -0.4 is 9.64 Å². The topological polar surface area (TPSA) is 51.7 Å². The number of nitrogens with zero attached hydrogens (tertiary/aromatic N) is 2. The van der Waals surface area contributed by atoms with Crippen molar-refractivity contribution in [2.75, 3.05) is 11.5 Å². The zero-order valence-corrected chi connectivity index (χ0v) is 26.5. The lowest BCUT2D eigenvalue weighted by Crippen LogP contribution is -2.40. The van der Waals surface area contributed by atoms with E-state index in [1.807, 2.05) is 32.9 Å². The molecule has 0 aliphatic heterocycles. The first kappa shape index (κ1) is 33.0. The number of carbonyl (C=O) groups excluding carboxylic acids is 1. The standard InChI is InChI=1S/C34H36F4N2O3S/c1-7-28-31(44-30(39-28)25-11-13-26(14-12-25)34(36,37)38)40(19-23-9-15-27(35)16-10-23)20-24-17-21(3)29(22(4)18-24)43-33(5,6)32(41)42-8-2/h9-18H,7-8,19-20H2,1-6H3. The lowest BCUT2D eigenvalue weighted by Gasteiger charge is -2.28. The van der Waals surface area contributed by atoms with Gasteiger partial charge in [0.1, 0.15) is 21.6 Å². The number of carbonyl (C=O) groups is 1. The van der Waals surface area contributed by atoms with Gasteiger partial charge in [-0.25, -0.2) is 14.2 Å². The third-order valence-corrected chi connectivity index (χ3v) is 8.27. The minimum absolute atomic E-state index is 0.254. The highest BCUT2D eigenvalue weighted by molar-refractivity contribution is 7.19. The number of aryl methyl sites for hydroxylation is 3. The fourth-order valence-corrected chi connectivity index (χ4v) is 6.03. The molecule has 0 atom stereocenters. The van der Waals surface area contributed by atoms with Crippen molar-refractivity contribution in [3.63, 3.8) is 0 Å². The summed E-state index contributed by atoms with van der Waals surface area (Å²) in [7, 11) is 0. The molecule has 5 nitrogen and oxygen atoms in total. The van der Waals surface area contributed by atoms with Gasteiger partial charge in [-0.1, -0.05) is 54.7 Å². The summed E-state index contributed by atoms with van der Waals surface area (Å²) in [5.41, 5.74) is 3.11. The predicted octanol–water partition coefficient (Wildman–Crippen LogP) is 9.07. The fraction of sp³-hybridized carbons (Fsp3) is 0.353. The SMILES string of the molecule is CCOC(=O)C(C)(C)Oc1c(C)cc(CN(Cc2ccc(F)cc2)c2sc(-c3ccc(C(F)(F)F)cc3)nc2CC)cc1C. The number of anilines is 1. The largest absolute Gasteiger partial charge is 0.476 e. The normalized spacial score (nSPS) is 11.9. The van der Waals surface area contributed by atoms with Crippen molar-refractivity contribution in [1.29, 1.82) is 0 Å². The average molecular weight is 629 g/mol. The highest BCUT2D eigenvalue weighted by Crippen LogP contribution is 2.39. The molecule has 0 unspecified atom stereocenters. The third kappa shape index (κ3) is 7.77. The van der Waals surface area contributed by atoms with Gasteiger partial charge in [0.2, 0.25) is 0 Å². The highest BCUT2D eigenvalue weighted by Gasteiger charge is 2.33. The molecular weight excluding hydrogens is 592 g/mol. The molecular formula is C34H36F4N2O3S. The minimum Gasteiger partial charge on any atom is -0.476 e. The van der Waals surface area contributed by atoms with E-state index in [4.69, 9.17) is 14.5 Å². The van der Waals surface area contributed by atoms with E-state index >= 15 is 0 Å². The Bertz CT molecular complexity index is 1570. The van der Waals surface area contributed by atoms with Crippen LogP contribution in [0.25, 0.3) is 10.6 Å². The van der Waals surface area contributed by atoms with E-state index in [2.05, 4.69) is 4.90 Å². The molecule has 44 heavy (non-hydrogen) atoms. The van der Waals surface area contributed by atoms with Gasteiger partial charge >= 0.3 is 12.1 Å². The molecule has 234 valence electrons. The van der Waals surface area contributed by atoms with Crippen LogP contribution in [-0.2, 0) is 35.2 Å². The molecule has 10 heteroatoms. The maximum atomic E-state index is 13.7. The van der Waals surface area contributed by atoms with E-state index in [1.165, 1.54) is 35.6 Å². The van der Waals surface area contributed by atoms with Crippen LogP contribution in [0.5, 0.6) is 5.75 Å². The van der Waals surface area contributed by atoms with Gasteiger partial charge in [-0.05, 0) is 87.6 Å². The summed E-state index contributed by atoms with van der Waals surface area (Å²) in [6.45, 7) is 12.1. The second kappa shape index (κ2) is 13.4. The van der Waals surface area contributed by atoms with Crippen molar-refractivity contribution in [1.82, 2.24) is 4.98 Å². The molecule has 1 aromatic heterocycles. The Kier molecular flexibility index (Phi) is 10.0. The van der Waals surface area contributed by atoms with E-state index in [0.717, 1.165) is 45.1 Å². The molecule has 0 bridgehead atoms. The first-order valence-electron chi connectivity index (χ1n) is 14.3. The molecule has 1 heterocycles. The number of hydrogen-bond acceptors (Lipinski definition) is 6. The van der Waals surface area contributed by atoms with Gasteiger partial charge in [-0.15, -0.1) is 0 Å². The van der Waals surface area contributed by atoms with Crippen LogP contribution in [0.3, 0.4) is 0 Å². The Hall–Kier alpha value is -3.92. The zero-order chi connectivity index (χ0) is 32.2. The van der Waals surface area contributed by atoms with E-state index in [-0.39, 0.29) is 12.4 Å². The van der Waals surface area contributed by atoms with Crippen LogP contribution in [-0.4, -0.2) is 23.2 Å².